The first kappa shape index (κ1) is 9.11. The number of carbonyl (C=O) groups excluding carboxylic acids is 1. The fourth-order valence-electron chi connectivity index (χ4n) is 1.59. The quantitative estimate of drug-likeness (QED) is 0.604. The largest absolute Gasteiger partial charge is 0.299 e. The van der Waals surface area contributed by atoms with Crippen LogP contribution in [0.5, 0.6) is 0 Å². The predicted molar refractivity (Wildman–Crippen MR) is 49.9 cm³/mol. The molecule has 0 aromatic carbocycles. The Balaban J connectivity index is 2.58. The summed E-state index contributed by atoms with van der Waals surface area (Å²) in [5, 5.41) is 1.12. The Morgan fingerprint density at radius 1 is 1.55 bits per heavy atom. The van der Waals surface area contributed by atoms with Crippen molar-refractivity contribution in [2.45, 2.75) is 44.1 Å². The van der Waals surface area contributed by atoms with Crippen LogP contribution in [0.1, 0.15) is 33.6 Å². The minimum absolute atomic E-state index is 0.293. The third-order valence-electron chi connectivity index (χ3n) is 2.36. The standard InChI is InChI=1S/C9H16OS/c1-4-9-7(3)8(10)5-6(2)11-9/h6-7,9H,4-5H2,1-3H3/t6-,7+,9+/m1/s1. The van der Waals surface area contributed by atoms with Gasteiger partial charge in [0.25, 0.3) is 0 Å². The molecule has 0 aliphatic carbocycles. The average molecular weight is 172 g/mol. The topological polar surface area (TPSA) is 17.1 Å². The zero-order chi connectivity index (χ0) is 8.43. The molecule has 64 valence electrons. The lowest BCUT2D eigenvalue weighted by Crippen LogP contribution is -2.31. The number of ketones is 1. The van der Waals surface area contributed by atoms with E-state index in [0.717, 1.165) is 12.8 Å². The Morgan fingerprint density at radius 2 is 2.18 bits per heavy atom. The van der Waals surface area contributed by atoms with Crippen LogP contribution in [0.2, 0.25) is 0 Å². The van der Waals surface area contributed by atoms with Gasteiger partial charge in [0.1, 0.15) is 5.78 Å². The van der Waals surface area contributed by atoms with Crippen molar-refractivity contribution in [2.75, 3.05) is 0 Å². The van der Waals surface area contributed by atoms with Crippen LogP contribution in [0.4, 0.5) is 0 Å². The van der Waals surface area contributed by atoms with Crippen LogP contribution >= 0.6 is 11.8 Å². The van der Waals surface area contributed by atoms with Crippen LogP contribution in [0, 0.1) is 5.92 Å². The van der Waals surface area contributed by atoms with Gasteiger partial charge in [-0.05, 0) is 6.42 Å². The molecule has 0 aromatic rings. The van der Waals surface area contributed by atoms with Gasteiger partial charge in [0, 0.05) is 22.8 Å². The highest BCUT2D eigenvalue weighted by Crippen LogP contribution is 2.34. The van der Waals surface area contributed by atoms with Gasteiger partial charge in [0.2, 0.25) is 0 Å². The molecule has 0 spiro atoms. The van der Waals surface area contributed by atoms with Crippen LogP contribution in [-0.2, 0) is 4.79 Å². The van der Waals surface area contributed by atoms with Crippen molar-refractivity contribution in [1.82, 2.24) is 0 Å². The smallest absolute Gasteiger partial charge is 0.137 e. The molecular weight excluding hydrogens is 156 g/mol. The fraction of sp³-hybridized carbons (Fsp3) is 0.889. The lowest BCUT2D eigenvalue weighted by atomic mass is 9.96. The van der Waals surface area contributed by atoms with E-state index in [0.29, 0.717) is 22.2 Å². The summed E-state index contributed by atoms with van der Waals surface area (Å²) >= 11 is 1.98. The normalized spacial score (nSPS) is 39.2. The molecule has 1 heterocycles. The molecule has 1 aliphatic heterocycles. The van der Waals surface area contributed by atoms with Crippen LogP contribution in [0.15, 0.2) is 0 Å². The summed E-state index contributed by atoms with van der Waals surface area (Å²) in [6.45, 7) is 6.38. The van der Waals surface area contributed by atoms with Crippen LogP contribution in [0.25, 0.3) is 0 Å². The number of carbonyl (C=O) groups is 1. The van der Waals surface area contributed by atoms with E-state index in [1.54, 1.807) is 0 Å². The highest BCUT2D eigenvalue weighted by Gasteiger charge is 2.30. The lowest BCUT2D eigenvalue weighted by molar-refractivity contribution is -0.122. The molecule has 0 saturated carbocycles. The molecule has 0 aromatic heterocycles. The van der Waals surface area contributed by atoms with Crippen molar-refractivity contribution in [1.29, 1.82) is 0 Å². The van der Waals surface area contributed by atoms with Crippen molar-refractivity contribution in [3.05, 3.63) is 0 Å². The van der Waals surface area contributed by atoms with E-state index >= 15 is 0 Å². The van der Waals surface area contributed by atoms with Gasteiger partial charge in [0.05, 0.1) is 0 Å². The molecule has 0 bridgehead atoms. The Bertz CT molecular complexity index is 156. The van der Waals surface area contributed by atoms with Crippen molar-refractivity contribution >= 4 is 17.5 Å². The molecule has 1 rings (SSSR count). The Kier molecular flexibility index (Phi) is 2.99. The SMILES string of the molecule is CC[C@@H]1S[C@H](C)CC(=O)[C@@H]1C. The summed E-state index contributed by atoms with van der Waals surface area (Å²) in [6, 6.07) is 0. The second-order valence-electron chi connectivity index (χ2n) is 3.35. The fourth-order valence-corrected chi connectivity index (χ4v) is 3.03. The van der Waals surface area contributed by atoms with E-state index in [-0.39, 0.29) is 0 Å². The summed E-state index contributed by atoms with van der Waals surface area (Å²) in [5.41, 5.74) is 0. The average Bonchev–Trinajstić information content (AvgIpc) is 1.96. The minimum Gasteiger partial charge on any atom is -0.299 e. The van der Waals surface area contributed by atoms with Crippen LogP contribution in [-0.4, -0.2) is 16.3 Å². The molecule has 0 amide bonds. The van der Waals surface area contributed by atoms with E-state index in [4.69, 9.17) is 0 Å². The second-order valence-corrected chi connectivity index (χ2v) is 5.03. The Morgan fingerprint density at radius 3 is 2.73 bits per heavy atom. The monoisotopic (exact) mass is 172 g/mol. The van der Waals surface area contributed by atoms with Gasteiger partial charge >= 0.3 is 0 Å². The highest BCUT2D eigenvalue weighted by molar-refractivity contribution is 8.00. The first-order valence-corrected chi connectivity index (χ1v) is 5.27. The van der Waals surface area contributed by atoms with Crippen molar-refractivity contribution < 1.29 is 4.79 Å². The molecule has 0 unspecified atom stereocenters. The number of Topliss-reactive ketones (excluding diaryl/α,β-unsaturated/α-hetero) is 1. The highest BCUT2D eigenvalue weighted by atomic mass is 32.2. The van der Waals surface area contributed by atoms with Gasteiger partial charge in [0.15, 0.2) is 0 Å². The molecule has 3 atom stereocenters. The molecule has 1 aliphatic rings. The molecule has 1 fully saturated rings. The number of hydrogen-bond donors (Lipinski definition) is 0. The maximum absolute atomic E-state index is 11.4. The lowest BCUT2D eigenvalue weighted by Gasteiger charge is -2.30. The summed E-state index contributed by atoms with van der Waals surface area (Å²) in [7, 11) is 0. The maximum Gasteiger partial charge on any atom is 0.137 e. The second kappa shape index (κ2) is 3.61. The first-order chi connectivity index (χ1) is 5.15. The summed E-state index contributed by atoms with van der Waals surface area (Å²) in [6.07, 6.45) is 1.91. The van der Waals surface area contributed by atoms with E-state index in [1.165, 1.54) is 0 Å². The molecule has 1 nitrogen and oxygen atoms in total. The maximum atomic E-state index is 11.4. The molecular formula is C9H16OS. The van der Waals surface area contributed by atoms with Gasteiger partial charge in [-0.2, -0.15) is 11.8 Å². The van der Waals surface area contributed by atoms with Crippen molar-refractivity contribution in [3.8, 4) is 0 Å². The summed E-state index contributed by atoms with van der Waals surface area (Å²) in [5.74, 6) is 0.754. The van der Waals surface area contributed by atoms with Crippen molar-refractivity contribution in [3.63, 3.8) is 0 Å². The van der Waals surface area contributed by atoms with Crippen LogP contribution < -0.4 is 0 Å². The van der Waals surface area contributed by atoms with Gasteiger partial charge < -0.3 is 0 Å². The zero-order valence-electron chi connectivity index (χ0n) is 7.46. The number of rotatable bonds is 1. The van der Waals surface area contributed by atoms with Gasteiger partial charge in [-0.1, -0.05) is 20.8 Å². The summed E-state index contributed by atoms with van der Waals surface area (Å²) < 4.78 is 0. The molecule has 0 N–H and O–H groups in total. The molecule has 2 heteroatoms. The molecule has 1 saturated heterocycles. The van der Waals surface area contributed by atoms with Gasteiger partial charge in [-0.3, -0.25) is 4.79 Å². The molecule has 11 heavy (non-hydrogen) atoms. The van der Waals surface area contributed by atoms with E-state index < -0.39 is 0 Å². The van der Waals surface area contributed by atoms with E-state index in [1.807, 2.05) is 11.8 Å². The summed E-state index contributed by atoms with van der Waals surface area (Å²) in [4.78, 5) is 11.4. The first-order valence-electron chi connectivity index (χ1n) is 4.33. The Hall–Kier alpha value is 0.0200. The Labute approximate surface area is 72.9 Å². The van der Waals surface area contributed by atoms with E-state index in [2.05, 4.69) is 20.8 Å². The third-order valence-corrected chi connectivity index (χ3v) is 4.09. The van der Waals surface area contributed by atoms with Gasteiger partial charge in [-0.25, -0.2) is 0 Å². The number of thioether (sulfide) groups is 1. The predicted octanol–water partition coefficient (Wildman–Crippen LogP) is 2.50. The van der Waals surface area contributed by atoms with Gasteiger partial charge in [-0.15, -0.1) is 0 Å². The van der Waals surface area contributed by atoms with E-state index in [9.17, 15) is 4.79 Å². The zero-order valence-corrected chi connectivity index (χ0v) is 8.28. The third kappa shape index (κ3) is 1.98. The minimum atomic E-state index is 0.293. The van der Waals surface area contributed by atoms with Crippen molar-refractivity contribution in [2.24, 2.45) is 5.92 Å². The number of hydrogen-bond acceptors (Lipinski definition) is 2. The van der Waals surface area contributed by atoms with Crippen LogP contribution in [0.3, 0.4) is 0 Å². The molecule has 0 radical (unpaired) electrons.